The predicted molar refractivity (Wildman–Crippen MR) is 88.6 cm³/mol. The zero-order valence-corrected chi connectivity index (χ0v) is 13.5. The number of hydrogen-bond donors (Lipinski definition) is 1. The van der Waals surface area contributed by atoms with Crippen molar-refractivity contribution < 1.29 is 4.42 Å². The lowest BCUT2D eigenvalue weighted by Gasteiger charge is -2.17. The second-order valence-electron chi connectivity index (χ2n) is 5.68. The third kappa shape index (κ3) is 4.47. The number of furan rings is 1. The molecule has 0 saturated carbocycles. The fraction of sp³-hybridized carbons (Fsp3) is 0.474. The van der Waals surface area contributed by atoms with Gasteiger partial charge in [-0.15, -0.1) is 0 Å². The van der Waals surface area contributed by atoms with Crippen molar-refractivity contribution >= 4 is 0 Å². The van der Waals surface area contributed by atoms with E-state index in [-0.39, 0.29) is 6.04 Å². The Kier molecular flexibility index (Phi) is 6.06. The first-order valence-corrected chi connectivity index (χ1v) is 8.13. The molecule has 0 radical (unpaired) electrons. The number of hydrogen-bond acceptors (Lipinski definition) is 2. The van der Waals surface area contributed by atoms with Crippen molar-refractivity contribution in [2.75, 3.05) is 6.54 Å². The topological polar surface area (TPSA) is 25.2 Å². The molecule has 1 atom stereocenters. The summed E-state index contributed by atoms with van der Waals surface area (Å²) in [6.45, 7) is 7.40. The van der Waals surface area contributed by atoms with Crippen molar-refractivity contribution in [3.8, 4) is 0 Å². The molecule has 0 fully saturated rings. The van der Waals surface area contributed by atoms with E-state index in [0.717, 1.165) is 24.5 Å². The maximum absolute atomic E-state index is 5.83. The normalized spacial score (nSPS) is 12.5. The zero-order valence-electron chi connectivity index (χ0n) is 13.5. The van der Waals surface area contributed by atoms with Crippen molar-refractivity contribution in [2.45, 2.75) is 52.5 Å². The third-order valence-corrected chi connectivity index (χ3v) is 3.78. The molecule has 2 heteroatoms. The van der Waals surface area contributed by atoms with Crippen molar-refractivity contribution in [1.82, 2.24) is 5.32 Å². The molecule has 0 saturated heterocycles. The molecule has 114 valence electrons. The molecule has 2 aromatic rings. The highest BCUT2D eigenvalue weighted by molar-refractivity contribution is 5.30. The molecular formula is C19H27NO. The highest BCUT2D eigenvalue weighted by Crippen LogP contribution is 2.24. The molecule has 1 N–H and O–H groups in total. The Morgan fingerprint density at radius 1 is 1.00 bits per heavy atom. The Hall–Kier alpha value is -1.54. The molecule has 0 aliphatic heterocycles. The van der Waals surface area contributed by atoms with Gasteiger partial charge in [0, 0.05) is 0 Å². The zero-order chi connectivity index (χ0) is 15.1. The van der Waals surface area contributed by atoms with Crippen LogP contribution in [0, 0.1) is 6.92 Å². The van der Waals surface area contributed by atoms with E-state index < -0.39 is 0 Å². The molecule has 0 aliphatic carbocycles. The van der Waals surface area contributed by atoms with Gasteiger partial charge >= 0.3 is 0 Å². The lowest BCUT2D eigenvalue weighted by atomic mass is 10.0. The van der Waals surface area contributed by atoms with Crippen LogP contribution in [0.5, 0.6) is 0 Å². The first kappa shape index (κ1) is 15.8. The van der Waals surface area contributed by atoms with Crippen LogP contribution in [0.2, 0.25) is 0 Å². The van der Waals surface area contributed by atoms with Crippen molar-refractivity contribution in [3.05, 3.63) is 59.0 Å². The van der Waals surface area contributed by atoms with Crippen LogP contribution in [0.4, 0.5) is 0 Å². The second-order valence-corrected chi connectivity index (χ2v) is 5.68. The fourth-order valence-electron chi connectivity index (χ4n) is 2.54. The van der Waals surface area contributed by atoms with Crippen LogP contribution in [0.15, 0.2) is 40.8 Å². The molecule has 1 heterocycles. The van der Waals surface area contributed by atoms with E-state index in [1.165, 1.54) is 30.4 Å². The van der Waals surface area contributed by atoms with Gasteiger partial charge in [0.15, 0.2) is 0 Å². The predicted octanol–water partition coefficient (Wildman–Crippen LogP) is 5.02. The van der Waals surface area contributed by atoms with Crippen LogP contribution in [-0.2, 0) is 6.42 Å². The molecule has 1 aromatic carbocycles. The van der Waals surface area contributed by atoms with Crippen LogP contribution >= 0.6 is 0 Å². The summed E-state index contributed by atoms with van der Waals surface area (Å²) in [5.41, 5.74) is 2.70. The van der Waals surface area contributed by atoms with Gasteiger partial charge in [-0.25, -0.2) is 0 Å². The Balaban J connectivity index is 2.16. The van der Waals surface area contributed by atoms with Gasteiger partial charge < -0.3 is 9.73 Å². The van der Waals surface area contributed by atoms with Gasteiger partial charge in [0.05, 0.1) is 6.04 Å². The summed E-state index contributed by atoms with van der Waals surface area (Å²) >= 11 is 0. The minimum Gasteiger partial charge on any atom is -0.464 e. The Labute approximate surface area is 128 Å². The molecule has 1 unspecified atom stereocenters. The van der Waals surface area contributed by atoms with Crippen LogP contribution in [0.3, 0.4) is 0 Å². The molecule has 21 heavy (non-hydrogen) atoms. The first-order valence-electron chi connectivity index (χ1n) is 8.13. The van der Waals surface area contributed by atoms with Gasteiger partial charge in [0.25, 0.3) is 0 Å². The standard InChI is InChI=1S/C19H27NO/c1-4-6-7-16-9-11-17(12-10-16)19(20-14-5-2)18-13-8-15(3)21-18/h8-13,19-20H,4-7,14H2,1-3H3. The smallest absolute Gasteiger partial charge is 0.125 e. The van der Waals surface area contributed by atoms with Crippen LogP contribution in [-0.4, -0.2) is 6.54 Å². The first-order chi connectivity index (χ1) is 10.2. The van der Waals surface area contributed by atoms with Gasteiger partial charge in [-0.3, -0.25) is 0 Å². The number of benzene rings is 1. The molecule has 2 nitrogen and oxygen atoms in total. The van der Waals surface area contributed by atoms with E-state index in [9.17, 15) is 0 Å². The average Bonchev–Trinajstić information content (AvgIpc) is 2.93. The summed E-state index contributed by atoms with van der Waals surface area (Å²) in [5, 5.41) is 3.58. The maximum atomic E-state index is 5.83. The number of rotatable bonds is 8. The van der Waals surface area contributed by atoms with Gasteiger partial charge in [-0.05, 0) is 56.0 Å². The van der Waals surface area contributed by atoms with E-state index in [4.69, 9.17) is 4.42 Å². The SMILES string of the molecule is CCCCc1ccc(C(NCCC)c2ccc(C)o2)cc1. The lowest BCUT2D eigenvalue weighted by molar-refractivity contribution is 0.430. The van der Waals surface area contributed by atoms with Gasteiger partial charge in [-0.2, -0.15) is 0 Å². The molecule has 0 spiro atoms. The van der Waals surface area contributed by atoms with Crippen LogP contribution in [0.25, 0.3) is 0 Å². The van der Waals surface area contributed by atoms with E-state index in [0.29, 0.717) is 0 Å². The van der Waals surface area contributed by atoms with E-state index in [1.807, 2.05) is 13.0 Å². The number of nitrogens with one attached hydrogen (secondary N) is 1. The van der Waals surface area contributed by atoms with Crippen LogP contribution in [0.1, 0.15) is 61.8 Å². The Morgan fingerprint density at radius 3 is 2.33 bits per heavy atom. The van der Waals surface area contributed by atoms with E-state index in [2.05, 4.69) is 49.5 Å². The molecule has 0 bridgehead atoms. The van der Waals surface area contributed by atoms with Gasteiger partial charge in [0.1, 0.15) is 11.5 Å². The summed E-state index contributed by atoms with van der Waals surface area (Å²) in [7, 11) is 0. The average molecular weight is 285 g/mol. The Morgan fingerprint density at radius 2 is 1.76 bits per heavy atom. The second kappa shape index (κ2) is 8.04. The van der Waals surface area contributed by atoms with Crippen molar-refractivity contribution in [1.29, 1.82) is 0 Å². The molecule has 0 amide bonds. The van der Waals surface area contributed by atoms with E-state index >= 15 is 0 Å². The van der Waals surface area contributed by atoms with Crippen molar-refractivity contribution in [3.63, 3.8) is 0 Å². The maximum Gasteiger partial charge on any atom is 0.125 e. The quantitative estimate of drug-likeness (QED) is 0.736. The van der Waals surface area contributed by atoms with Crippen LogP contribution < -0.4 is 5.32 Å². The third-order valence-electron chi connectivity index (χ3n) is 3.78. The lowest BCUT2D eigenvalue weighted by Crippen LogP contribution is -2.22. The number of aryl methyl sites for hydroxylation is 2. The summed E-state index contributed by atoms with van der Waals surface area (Å²) in [6.07, 6.45) is 4.79. The number of unbranched alkanes of at least 4 members (excludes halogenated alkanes) is 1. The van der Waals surface area contributed by atoms with Crippen molar-refractivity contribution in [2.24, 2.45) is 0 Å². The highest BCUT2D eigenvalue weighted by atomic mass is 16.3. The largest absolute Gasteiger partial charge is 0.464 e. The summed E-state index contributed by atoms with van der Waals surface area (Å²) in [5.74, 6) is 1.97. The highest BCUT2D eigenvalue weighted by Gasteiger charge is 2.16. The van der Waals surface area contributed by atoms with Gasteiger partial charge in [-0.1, -0.05) is 44.5 Å². The molecule has 2 rings (SSSR count). The van der Waals surface area contributed by atoms with Gasteiger partial charge in [0.2, 0.25) is 0 Å². The monoisotopic (exact) mass is 285 g/mol. The summed E-state index contributed by atoms with van der Waals surface area (Å²) in [4.78, 5) is 0. The Bertz CT molecular complexity index is 527. The fourth-order valence-corrected chi connectivity index (χ4v) is 2.54. The molecule has 1 aromatic heterocycles. The molecular weight excluding hydrogens is 258 g/mol. The van der Waals surface area contributed by atoms with E-state index in [1.54, 1.807) is 0 Å². The summed E-state index contributed by atoms with van der Waals surface area (Å²) < 4.78 is 5.83. The molecule has 0 aliphatic rings. The summed E-state index contributed by atoms with van der Waals surface area (Å²) in [6, 6.07) is 13.2. The minimum atomic E-state index is 0.152. The minimum absolute atomic E-state index is 0.152.